The van der Waals surface area contributed by atoms with Crippen LogP contribution < -0.4 is 4.74 Å². The molecule has 11 rings (SSSR count). The molecule has 3 atom stereocenters. The number of allylic oxidation sites excluding steroid dienone is 10. The van der Waals surface area contributed by atoms with Gasteiger partial charge in [0, 0.05) is 49.1 Å². The summed E-state index contributed by atoms with van der Waals surface area (Å²) in [7, 11) is 0. The molecule has 7 aromatic rings. The van der Waals surface area contributed by atoms with Gasteiger partial charge in [0.05, 0.1) is 0 Å². The lowest BCUT2D eigenvalue weighted by molar-refractivity contribution is 0.426. The quantitative estimate of drug-likeness (QED) is 0.170. The second-order valence-corrected chi connectivity index (χ2v) is 16.4. The molecule has 4 nitrogen and oxygen atoms in total. The number of nitrogens with zero attached hydrogens (tertiary/aromatic N) is 3. The van der Waals surface area contributed by atoms with Crippen LogP contribution >= 0.6 is 11.3 Å². The third kappa shape index (κ3) is 5.95. The Morgan fingerprint density at radius 1 is 0.643 bits per heavy atom. The molecule has 3 heterocycles. The van der Waals surface area contributed by atoms with E-state index in [1.807, 2.05) is 11.3 Å². The van der Waals surface area contributed by atoms with E-state index >= 15 is 0 Å². The zero-order valence-electron chi connectivity index (χ0n) is 30.9. The molecule has 5 aromatic carbocycles. The summed E-state index contributed by atoms with van der Waals surface area (Å²) in [6.07, 6.45) is 20.2. The minimum Gasteiger partial charge on any atom is -0.461 e. The Balaban J connectivity index is 0.899. The molecule has 1 aliphatic heterocycles. The van der Waals surface area contributed by atoms with Crippen LogP contribution in [0.1, 0.15) is 78.5 Å². The Bertz CT molecular complexity index is 2830. The highest BCUT2D eigenvalue weighted by Gasteiger charge is 2.33. The SMILES string of the molecule is C1=CCC(c2nc(C3=CCC4C(=C3)Oc3ccc(-c5cccc6c5sc5cc(-c7ccccc7)ccc56)cc34)nc(C3CC=C(c4ccccc4)CC3)n2)C=C1. The lowest BCUT2D eigenvalue weighted by atomic mass is 9.86. The zero-order chi connectivity index (χ0) is 37.0. The molecule has 0 saturated carbocycles. The summed E-state index contributed by atoms with van der Waals surface area (Å²) < 4.78 is 9.25. The largest absolute Gasteiger partial charge is 0.461 e. The molecule has 0 saturated heterocycles. The third-order valence-electron chi connectivity index (χ3n) is 11.9. The lowest BCUT2D eigenvalue weighted by Crippen LogP contribution is -2.16. The van der Waals surface area contributed by atoms with Crippen LogP contribution in [0.25, 0.3) is 53.6 Å². The van der Waals surface area contributed by atoms with Gasteiger partial charge in [-0.25, -0.2) is 15.0 Å². The van der Waals surface area contributed by atoms with E-state index in [1.165, 1.54) is 59.1 Å². The van der Waals surface area contributed by atoms with Gasteiger partial charge in [-0.05, 0) is 89.8 Å². The first-order chi connectivity index (χ1) is 27.7. The van der Waals surface area contributed by atoms with Crippen LogP contribution in [0.15, 0.2) is 164 Å². The normalized spacial score (nSPS) is 19.9. The van der Waals surface area contributed by atoms with Crippen LogP contribution in [-0.2, 0) is 0 Å². The van der Waals surface area contributed by atoms with E-state index in [0.29, 0.717) is 0 Å². The summed E-state index contributed by atoms with van der Waals surface area (Å²) in [5, 5.41) is 2.62. The molecule has 0 spiro atoms. The molecule has 5 heteroatoms. The van der Waals surface area contributed by atoms with E-state index in [1.54, 1.807) is 0 Å². The highest BCUT2D eigenvalue weighted by Crippen LogP contribution is 2.49. The van der Waals surface area contributed by atoms with Gasteiger partial charge in [-0.15, -0.1) is 11.3 Å². The van der Waals surface area contributed by atoms with Gasteiger partial charge in [-0.3, -0.25) is 0 Å². The lowest BCUT2D eigenvalue weighted by Gasteiger charge is -2.23. The van der Waals surface area contributed by atoms with Crippen molar-refractivity contribution in [2.75, 3.05) is 0 Å². The molecule has 0 radical (unpaired) electrons. The van der Waals surface area contributed by atoms with Gasteiger partial charge in [0.15, 0.2) is 5.82 Å². The minimum absolute atomic E-state index is 0.144. The highest BCUT2D eigenvalue weighted by molar-refractivity contribution is 7.26. The van der Waals surface area contributed by atoms with E-state index in [2.05, 4.69) is 158 Å². The summed E-state index contributed by atoms with van der Waals surface area (Å²) in [5.41, 5.74) is 9.98. The monoisotopic (exact) mass is 741 g/mol. The molecule has 4 aliphatic rings. The van der Waals surface area contributed by atoms with E-state index in [9.17, 15) is 0 Å². The smallest absolute Gasteiger partial charge is 0.163 e. The van der Waals surface area contributed by atoms with Crippen molar-refractivity contribution in [2.24, 2.45) is 0 Å². The Morgan fingerprint density at radius 3 is 2.30 bits per heavy atom. The molecule has 3 unspecified atom stereocenters. The Kier molecular flexibility index (Phi) is 8.21. The highest BCUT2D eigenvalue weighted by atomic mass is 32.1. The molecule has 270 valence electrons. The summed E-state index contributed by atoms with van der Waals surface area (Å²) in [6.45, 7) is 0. The molecular weight excluding hydrogens is 703 g/mol. The van der Waals surface area contributed by atoms with Crippen LogP contribution in [-0.4, -0.2) is 15.0 Å². The first-order valence-electron chi connectivity index (χ1n) is 19.8. The van der Waals surface area contributed by atoms with Crippen molar-refractivity contribution < 1.29 is 4.74 Å². The molecule has 0 bridgehead atoms. The van der Waals surface area contributed by atoms with Crippen molar-refractivity contribution in [3.05, 3.63) is 192 Å². The zero-order valence-corrected chi connectivity index (χ0v) is 31.8. The second-order valence-electron chi connectivity index (χ2n) is 15.3. The minimum atomic E-state index is 0.144. The molecule has 3 aliphatic carbocycles. The number of thiophene rings is 1. The molecular formula is C51H39N3OS. The number of hydrogen-bond acceptors (Lipinski definition) is 5. The standard InChI is InChI=1S/C51H39N3OS/c1-4-11-32(12-5-1)34-19-21-36(22-20-34)50-52-49(35-15-8-3-9-16-35)53-51(54-50)39-24-26-41-44-29-38(25-28-45(44)55-46(41)30-39)40-17-10-18-43-42-27-23-37(31-47(42)56-48(40)43)33-13-6-2-7-14-33/h1-15,17-19,23-25,27-31,35-36,41H,16,20-22,26H2. The molecule has 0 amide bonds. The van der Waals surface area contributed by atoms with Crippen molar-refractivity contribution in [1.29, 1.82) is 0 Å². The van der Waals surface area contributed by atoms with Crippen LogP contribution in [0.2, 0.25) is 0 Å². The van der Waals surface area contributed by atoms with E-state index < -0.39 is 0 Å². The maximum absolute atomic E-state index is 6.61. The van der Waals surface area contributed by atoms with Gasteiger partial charge in [-0.1, -0.05) is 134 Å². The van der Waals surface area contributed by atoms with Gasteiger partial charge < -0.3 is 4.74 Å². The van der Waals surface area contributed by atoms with Crippen molar-refractivity contribution in [1.82, 2.24) is 15.0 Å². The predicted octanol–water partition coefficient (Wildman–Crippen LogP) is 13.4. The number of hydrogen-bond donors (Lipinski definition) is 0. The van der Waals surface area contributed by atoms with Crippen LogP contribution in [0.4, 0.5) is 0 Å². The summed E-state index contributed by atoms with van der Waals surface area (Å²) in [5.74, 6) is 5.00. The average Bonchev–Trinajstić information content (AvgIpc) is 3.84. The topological polar surface area (TPSA) is 47.9 Å². The maximum Gasteiger partial charge on any atom is 0.163 e. The van der Waals surface area contributed by atoms with E-state index in [0.717, 1.165) is 66.7 Å². The predicted molar refractivity (Wildman–Crippen MR) is 231 cm³/mol. The Hall–Kier alpha value is -6.17. The number of aromatic nitrogens is 3. The number of fused-ring (bicyclic) bond motifs is 6. The van der Waals surface area contributed by atoms with Gasteiger partial charge >= 0.3 is 0 Å². The third-order valence-corrected chi connectivity index (χ3v) is 13.1. The maximum atomic E-state index is 6.61. The van der Waals surface area contributed by atoms with Crippen molar-refractivity contribution >= 4 is 42.7 Å². The van der Waals surface area contributed by atoms with Crippen LogP contribution in [0.5, 0.6) is 5.75 Å². The fraction of sp³-hybridized carbons (Fsp3) is 0.157. The van der Waals surface area contributed by atoms with Gasteiger partial charge in [0.2, 0.25) is 0 Å². The van der Waals surface area contributed by atoms with E-state index in [-0.39, 0.29) is 17.8 Å². The number of rotatable bonds is 6. The fourth-order valence-corrected chi connectivity index (χ4v) is 10.2. The van der Waals surface area contributed by atoms with E-state index in [4.69, 9.17) is 19.7 Å². The van der Waals surface area contributed by atoms with Crippen molar-refractivity contribution in [3.63, 3.8) is 0 Å². The molecule has 2 aromatic heterocycles. The van der Waals surface area contributed by atoms with Crippen molar-refractivity contribution in [2.45, 2.75) is 49.9 Å². The van der Waals surface area contributed by atoms with Gasteiger partial charge in [0.1, 0.15) is 23.2 Å². The van der Waals surface area contributed by atoms with Gasteiger partial charge in [-0.2, -0.15) is 0 Å². The number of benzene rings is 5. The molecule has 0 fully saturated rings. The van der Waals surface area contributed by atoms with Crippen LogP contribution in [0, 0.1) is 0 Å². The summed E-state index contributed by atoms with van der Waals surface area (Å²) >= 11 is 1.89. The number of ether oxygens (including phenoxy) is 1. The second kappa shape index (κ2) is 13.8. The Labute approximate surface area is 331 Å². The fourth-order valence-electron chi connectivity index (χ4n) is 8.90. The average molecular weight is 742 g/mol. The van der Waals surface area contributed by atoms with Crippen LogP contribution in [0.3, 0.4) is 0 Å². The first kappa shape index (κ1) is 33.2. The summed E-state index contributed by atoms with van der Waals surface area (Å²) in [6, 6.07) is 41.7. The van der Waals surface area contributed by atoms with Gasteiger partial charge in [0.25, 0.3) is 0 Å². The summed E-state index contributed by atoms with van der Waals surface area (Å²) in [4.78, 5) is 15.5. The first-order valence-corrected chi connectivity index (χ1v) is 20.6. The van der Waals surface area contributed by atoms with Crippen molar-refractivity contribution in [3.8, 4) is 28.0 Å². The molecule has 0 N–H and O–H groups in total. The Morgan fingerprint density at radius 2 is 1.48 bits per heavy atom. The molecule has 56 heavy (non-hydrogen) atoms.